The first-order valence-corrected chi connectivity index (χ1v) is 10.5. The van der Waals surface area contributed by atoms with Gasteiger partial charge in [0.25, 0.3) is 0 Å². The first-order valence-electron chi connectivity index (χ1n) is 9.75. The lowest BCUT2D eigenvalue weighted by Gasteiger charge is -2.22. The second-order valence-electron chi connectivity index (χ2n) is 6.75. The number of para-hydroxylation sites is 1. The van der Waals surface area contributed by atoms with Gasteiger partial charge in [-0.1, -0.05) is 42.5 Å². The Kier molecular flexibility index (Phi) is 8.09. The molecule has 0 spiro atoms. The maximum Gasteiger partial charge on any atom is 0.322 e. The fourth-order valence-electron chi connectivity index (χ4n) is 2.92. The molecular weight excluding hydrogens is 446 g/mol. The van der Waals surface area contributed by atoms with Gasteiger partial charge in [-0.25, -0.2) is 4.79 Å². The van der Waals surface area contributed by atoms with Crippen molar-refractivity contribution in [2.45, 2.75) is 19.4 Å². The van der Waals surface area contributed by atoms with Gasteiger partial charge in [0.15, 0.2) is 0 Å². The van der Waals surface area contributed by atoms with E-state index in [0.29, 0.717) is 18.0 Å². The van der Waals surface area contributed by atoms with Crippen LogP contribution in [0.4, 0.5) is 10.5 Å². The number of anilines is 1. The lowest BCUT2D eigenvalue weighted by molar-refractivity contribution is -0.121. The van der Waals surface area contributed by atoms with Crippen LogP contribution < -0.4 is 10.6 Å². The number of urea groups is 1. The van der Waals surface area contributed by atoms with Crippen LogP contribution in [0.5, 0.6) is 0 Å². The van der Waals surface area contributed by atoms with Crippen LogP contribution in [-0.4, -0.2) is 29.9 Å². The van der Waals surface area contributed by atoms with Gasteiger partial charge in [-0.15, -0.1) is 0 Å². The summed E-state index contributed by atoms with van der Waals surface area (Å²) in [7, 11) is 0. The number of benzene rings is 2. The number of amides is 3. The molecule has 1 aromatic heterocycles. The molecule has 2 N–H and O–H groups in total. The average Bonchev–Trinajstić information content (AvgIpc) is 3.26. The predicted molar refractivity (Wildman–Crippen MR) is 120 cm³/mol. The molecule has 156 valence electrons. The fraction of sp³-hybridized carbons (Fsp3) is 0.217. The minimum Gasteiger partial charge on any atom is -0.467 e. The molecule has 3 aromatic rings. The van der Waals surface area contributed by atoms with Crippen LogP contribution in [0.25, 0.3) is 0 Å². The Bertz CT molecular complexity index is 945. The van der Waals surface area contributed by atoms with Crippen LogP contribution in [0, 0.1) is 0 Å². The fourth-order valence-corrected chi connectivity index (χ4v) is 3.30. The van der Waals surface area contributed by atoms with Gasteiger partial charge in [0, 0.05) is 24.0 Å². The van der Waals surface area contributed by atoms with E-state index in [2.05, 4.69) is 26.6 Å². The number of nitrogens with one attached hydrogen (secondary N) is 2. The molecule has 3 amide bonds. The van der Waals surface area contributed by atoms with Gasteiger partial charge in [-0.3, -0.25) is 4.79 Å². The van der Waals surface area contributed by atoms with Crippen molar-refractivity contribution in [3.8, 4) is 0 Å². The molecule has 3 rings (SSSR count). The molecular formula is C23H24BrN3O3. The molecule has 1 heterocycles. The SMILES string of the molecule is O=C(CCN(Cc1ccco1)C(=O)Nc1ccccc1Br)NCCc1ccccc1. The first-order chi connectivity index (χ1) is 14.6. The minimum absolute atomic E-state index is 0.0935. The summed E-state index contributed by atoms with van der Waals surface area (Å²) in [6.45, 7) is 1.11. The number of hydrogen-bond acceptors (Lipinski definition) is 3. The molecule has 7 heteroatoms. The molecule has 30 heavy (non-hydrogen) atoms. The summed E-state index contributed by atoms with van der Waals surface area (Å²) in [5, 5.41) is 5.79. The lowest BCUT2D eigenvalue weighted by Crippen LogP contribution is -2.38. The highest BCUT2D eigenvalue weighted by atomic mass is 79.9. The third-order valence-corrected chi connectivity index (χ3v) is 5.21. The largest absolute Gasteiger partial charge is 0.467 e. The molecule has 0 saturated carbocycles. The van der Waals surface area contributed by atoms with E-state index in [1.165, 1.54) is 5.56 Å². The van der Waals surface area contributed by atoms with Crippen LogP contribution in [0.1, 0.15) is 17.7 Å². The van der Waals surface area contributed by atoms with Gasteiger partial charge in [-0.2, -0.15) is 0 Å². The number of halogens is 1. The summed E-state index contributed by atoms with van der Waals surface area (Å²) >= 11 is 3.43. The maximum absolute atomic E-state index is 12.8. The standard InChI is InChI=1S/C23H24BrN3O3/c24-20-10-4-5-11-21(20)26-23(29)27(17-19-9-6-16-30-19)15-13-22(28)25-14-12-18-7-2-1-3-8-18/h1-11,16H,12-15,17H2,(H,25,28)(H,26,29). The van der Waals surface area contributed by atoms with Gasteiger partial charge in [0.05, 0.1) is 18.5 Å². The van der Waals surface area contributed by atoms with Crippen LogP contribution in [0.15, 0.2) is 81.9 Å². The summed E-state index contributed by atoms with van der Waals surface area (Å²) in [6, 6.07) is 20.7. The van der Waals surface area contributed by atoms with Gasteiger partial charge in [0.1, 0.15) is 5.76 Å². The van der Waals surface area contributed by atoms with E-state index in [-0.39, 0.29) is 31.4 Å². The van der Waals surface area contributed by atoms with Gasteiger partial charge in [-0.05, 0) is 52.2 Å². The Labute approximate surface area is 184 Å². The molecule has 0 saturated heterocycles. The third kappa shape index (κ3) is 6.77. The summed E-state index contributed by atoms with van der Waals surface area (Å²) in [4.78, 5) is 26.7. The van der Waals surface area contributed by atoms with Crippen LogP contribution in [-0.2, 0) is 17.8 Å². The van der Waals surface area contributed by atoms with E-state index in [1.807, 2.05) is 54.6 Å². The molecule has 0 bridgehead atoms. The highest BCUT2D eigenvalue weighted by molar-refractivity contribution is 9.10. The number of furan rings is 1. The zero-order valence-electron chi connectivity index (χ0n) is 16.5. The van der Waals surface area contributed by atoms with Crippen LogP contribution >= 0.6 is 15.9 Å². The highest BCUT2D eigenvalue weighted by Crippen LogP contribution is 2.22. The van der Waals surface area contributed by atoms with E-state index in [0.717, 1.165) is 10.9 Å². The predicted octanol–water partition coefficient (Wildman–Crippen LogP) is 4.83. The zero-order chi connectivity index (χ0) is 21.2. The van der Waals surface area contributed by atoms with Crippen molar-refractivity contribution in [2.24, 2.45) is 0 Å². The quantitative estimate of drug-likeness (QED) is 0.471. The van der Waals surface area contributed by atoms with Crippen molar-refractivity contribution in [1.29, 1.82) is 0 Å². The van der Waals surface area contributed by atoms with E-state index in [4.69, 9.17) is 4.42 Å². The number of carbonyl (C=O) groups excluding carboxylic acids is 2. The topological polar surface area (TPSA) is 74.6 Å². The van der Waals surface area contributed by atoms with E-state index in [9.17, 15) is 9.59 Å². The van der Waals surface area contributed by atoms with Crippen molar-refractivity contribution in [1.82, 2.24) is 10.2 Å². The molecule has 0 fully saturated rings. The summed E-state index contributed by atoms with van der Waals surface area (Å²) < 4.78 is 6.16. The van der Waals surface area contributed by atoms with Crippen molar-refractivity contribution >= 4 is 33.6 Å². The summed E-state index contributed by atoms with van der Waals surface area (Å²) in [6.07, 6.45) is 2.54. The molecule has 2 aromatic carbocycles. The number of hydrogen-bond donors (Lipinski definition) is 2. The lowest BCUT2D eigenvalue weighted by atomic mass is 10.1. The number of carbonyl (C=O) groups is 2. The Morgan fingerprint density at radius 3 is 2.47 bits per heavy atom. The smallest absolute Gasteiger partial charge is 0.322 e. The molecule has 0 aliphatic heterocycles. The monoisotopic (exact) mass is 469 g/mol. The number of rotatable bonds is 9. The molecule has 0 atom stereocenters. The second kappa shape index (κ2) is 11.2. The van der Waals surface area contributed by atoms with Crippen LogP contribution in [0.3, 0.4) is 0 Å². The van der Waals surface area contributed by atoms with Crippen molar-refractivity contribution in [3.63, 3.8) is 0 Å². The molecule has 0 aliphatic carbocycles. The average molecular weight is 470 g/mol. The molecule has 6 nitrogen and oxygen atoms in total. The Balaban J connectivity index is 1.53. The third-order valence-electron chi connectivity index (χ3n) is 4.52. The van der Waals surface area contributed by atoms with Crippen LogP contribution in [0.2, 0.25) is 0 Å². The Hall–Kier alpha value is -3.06. The molecule has 0 radical (unpaired) electrons. The molecule has 0 aliphatic rings. The van der Waals surface area contributed by atoms with Gasteiger partial charge < -0.3 is 20.0 Å². The van der Waals surface area contributed by atoms with Gasteiger partial charge >= 0.3 is 6.03 Å². The number of nitrogens with zero attached hydrogens (tertiary/aromatic N) is 1. The van der Waals surface area contributed by atoms with Gasteiger partial charge in [0.2, 0.25) is 5.91 Å². The summed E-state index contributed by atoms with van der Waals surface area (Å²) in [5.41, 5.74) is 1.84. The first kappa shape index (κ1) is 21.6. The molecule has 0 unspecified atom stereocenters. The highest BCUT2D eigenvalue weighted by Gasteiger charge is 2.17. The van der Waals surface area contributed by atoms with E-state index in [1.54, 1.807) is 23.3 Å². The van der Waals surface area contributed by atoms with Crippen molar-refractivity contribution < 1.29 is 14.0 Å². The van der Waals surface area contributed by atoms with E-state index >= 15 is 0 Å². The Morgan fingerprint density at radius 1 is 0.967 bits per heavy atom. The normalized spacial score (nSPS) is 10.4. The minimum atomic E-state index is -0.296. The zero-order valence-corrected chi connectivity index (χ0v) is 18.1. The summed E-state index contributed by atoms with van der Waals surface area (Å²) in [5.74, 6) is 0.561. The second-order valence-corrected chi connectivity index (χ2v) is 7.60. The van der Waals surface area contributed by atoms with Crippen molar-refractivity contribution in [3.05, 3.63) is 88.8 Å². The maximum atomic E-state index is 12.8. The van der Waals surface area contributed by atoms with Crippen molar-refractivity contribution in [2.75, 3.05) is 18.4 Å². The Morgan fingerprint density at radius 2 is 1.73 bits per heavy atom. The van der Waals surface area contributed by atoms with E-state index < -0.39 is 0 Å².